The Morgan fingerprint density at radius 3 is 2.38 bits per heavy atom. The van der Waals surface area contributed by atoms with E-state index in [0.29, 0.717) is 0 Å². The first kappa shape index (κ1) is 11.2. The topological polar surface area (TPSA) is 18.5 Å². The van der Waals surface area contributed by atoms with Gasteiger partial charge < -0.3 is 0 Å². The van der Waals surface area contributed by atoms with Crippen molar-refractivity contribution in [1.29, 1.82) is 0 Å². The van der Waals surface area contributed by atoms with Crippen LogP contribution in [0.3, 0.4) is 0 Å². The molecule has 0 radical (unpaired) electrons. The Labute approximate surface area is 99.8 Å². The van der Waals surface area contributed by atoms with Gasteiger partial charge in [0.1, 0.15) is 0 Å². The monoisotopic (exact) mass is 276 g/mol. The van der Waals surface area contributed by atoms with Crippen LogP contribution in [0, 0.1) is 0 Å². The fourth-order valence-electron chi connectivity index (χ4n) is 1.73. The van der Waals surface area contributed by atoms with Crippen molar-refractivity contribution in [3.63, 3.8) is 0 Å². The van der Waals surface area contributed by atoms with Gasteiger partial charge in [0.15, 0.2) is 0 Å². The molecular weight excluding hydrogens is 261 g/mol. The Morgan fingerprint density at radius 2 is 1.75 bits per heavy atom. The summed E-state index contributed by atoms with van der Waals surface area (Å²) in [5, 5.41) is 0. The summed E-state index contributed by atoms with van der Waals surface area (Å²) in [7, 11) is 3.40. The normalized spacial score (nSPS) is 14.8. The molecule has 2 nitrogen and oxygen atoms in total. The number of ether oxygens (including phenoxy) is 2. The van der Waals surface area contributed by atoms with Gasteiger partial charge in [-0.2, -0.15) is 0 Å². The fraction of sp³-hybridized carbons (Fsp3) is 0.154. The van der Waals surface area contributed by atoms with Crippen molar-refractivity contribution < 1.29 is 9.47 Å². The van der Waals surface area contributed by atoms with Gasteiger partial charge in [-0.15, -0.1) is 0 Å². The van der Waals surface area contributed by atoms with E-state index in [9.17, 15) is 0 Å². The SMILES string of the molecule is COC1=CC=[CH][Ge]([c]2ccccc2)=[C]1OC. The van der Waals surface area contributed by atoms with Crippen molar-refractivity contribution in [2.24, 2.45) is 0 Å². The molecule has 1 aromatic rings. The second kappa shape index (κ2) is 5.17. The zero-order valence-corrected chi connectivity index (χ0v) is 11.5. The van der Waals surface area contributed by atoms with Crippen molar-refractivity contribution in [3.8, 4) is 0 Å². The Hall–Kier alpha value is -1.29. The Kier molecular flexibility index (Phi) is 3.62. The summed E-state index contributed by atoms with van der Waals surface area (Å²) in [5.74, 6) is 0.865. The van der Waals surface area contributed by atoms with E-state index in [1.165, 1.54) is 4.40 Å². The Bertz CT molecular complexity index is 458. The van der Waals surface area contributed by atoms with E-state index < -0.39 is 13.9 Å². The number of benzene rings is 1. The van der Waals surface area contributed by atoms with E-state index in [-0.39, 0.29) is 0 Å². The molecule has 1 aliphatic heterocycles. The molecule has 16 heavy (non-hydrogen) atoms. The molecule has 82 valence electrons. The first-order valence-corrected chi connectivity index (χ1v) is 8.44. The Morgan fingerprint density at radius 1 is 1.00 bits per heavy atom. The molecule has 0 saturated carbocycles. The molecule has 1 aromatic carbocycles. The van der Waals surface area contributed by atoms with Gasteiger partial charge in [-0.25, -0.2) is 0 Å². The molecule has 0 bridgehead atoms. The summed E-state index contributed by atoms with van der Waals surface area (Å²) in [6.07, 6.45) is 4.03. The maximum absolute atomic E-state index is 5.51. The molecule has 0 aromatic heterocycles. The van der Waals surface area contributed by atoms with Crippen LogP contribution in [-0.4, -0.2) is 32.7 Å². The summed E-state index contributed by atoms with van der Waals surface area (Å²) in [5.41, 5.74) is 0. The predicted octanol–water partition coefficient (Wildman–Crippen LogP) is 1.39. The molecule has 0 spiro atoms. The molecule has 1 aliphatic rings. The van der Waals surface area contributed by atoms with Crippen LogP contribution < -0.4 is 4.40 Å². The second-order valence-electron chi connectivity index (χ2n) is 3.41. The molecule has 0 saturated heterocycles. The quantitative estimate of drug-likeness (QED) is 0.776. The van der Waals surface area contributed by atoms with E-state index in [0.717, 1.165) is 10.3 Å². The van der Waals surface area contributed by atoms with Gasteiger partial charge in [-0.3, -0.25) is 0 Å². The number of rotatable bonds is 3. The van der Waals surface area contributed by atoms with Crippen molar-refractivity contribution in [2.45, 2.75) is 0 Å². The minimum atomic E-state index is -1.65. The summed E-state index contributed by atoms with van der Waals surface area (Å²) in [6, 6.07) is 10.5. The van der Waals surface area contributed by atoms with Crippen LogP contribution in [0.15, 0.2) is 53.2 Å². The molecule has 0 atom stereocenters. The second-order valence-corrected chi connectivity index (χ2v) is 8.01. The van der Waals surface area contributed by atoms with Crippen LogP contribution in [0.4, 0.5) is 0 Å². The summed E-state index contributed by atoms with van der Waals surface area (Å²) < 4.78 is 13.2. The molecule has 0 fully saturated rings. The van der Waals surface area contributed by atoms with Gasteiger partial charge in [0.25, 0.3) is 0 Å². The zero-order valence-electron chi connectivity index (χ0n) is 9.44. The molecular formula is C13H14GeO2. The van der Waals surface area contributed by atoms with Gasteiger partial charge in [0.05, 0.1) is 0 Å². The third-order valence-corrected chi connectivity index (χ3v) is 7.57. The van der Waals surface area contributed by atoms with E-state index in [2.05, 4.69) is 35.3 Å². The van der Waals surface area contributed by atoms with Gasteiger partial charge >= 0.3 is 99.7 Å². The van der Waals surface area contributed by atoms with Gasteiger partial charge in [-0.05, 0) is 0 Å². The zero-order chi connectivity index (χ0) is 11.4. The van der Waals surface area contributed by atoms with E-state index >= 15 is 0 Å². The van der Waals surface area contributed by atoms with Crippen LogP contribution in [-0.2, 0) is 9.47 Å². The van der Waals surface area contributed by atoms with Crippen molar-refractivity contribution in [3.05, 3.63) is 53.2 Å². The molecule has 0 N–H and O–H groups in total. The minimum absolute atomic E-state index is 0.865. The fourth-order valence-corrected chi connectivity index (χ4v) is 6.17. The number of methoxy groups -OCH3 is 2. The number of allylic oxidation sites excluding steroid dienone is 2. The first-order chi connectivity index (χ1) is 7.86. The average molecular weight is 275 g/mol. The van der Waals surface area contributed by atoms with Crippen LogP contribution >= 0.6 is 0 Å². The average Bonchev–Trinajstić information content (AvgIpc) is 2.38. The molecule has 0 aliphatic carbocycles. The van der Waals surface area contributed by atoms with Crippen LogP contribution in [0.25, 0.3) is 0 Å². The number of hydrogen-bond donors (Lipinski definition) is 0. The number of hydrogen-bond acceptors (Lipinski definition) is 2. The molecule has 2 rings (SSSR count). The van der Waals surface area contributed by atoms with E-state index in [1.807, 2.05) is 12.1 Å². The summed E-state index contributed by atoms with van der Waals surface area (Å²) in [6.45, 7) is 0. The summed E-state index contributed by atoms with van der Waals surface area (Å²) >= 11 is -1.65. The Balaban J connectivity index is 2.50. The standard InChI is InChI=1S/C13H14GeO2/c1-15-12-9-6-10-14(13(12)16-2)11-7-4-3-5-8-11/h3-10H,1-2H3. The molecule has 0 unspecified atom stereocenters. The third kappa shape index (κ3) is 2.12. The van der Waals surface area contributed by atoms with Crippen molar-refractivity contribution in [1.82, 2.24) is 0 Å². The van der Waals surface area contributed by atoms with Crippen molar-refractivity contribution >= 4 is 22.8 Å². The van der Waals surface area contributed by atoms with Gasteiger partial charge in [0, 0.05) is 0 Å². The molecule has 0 amide bonds. The molecule has 3 heteroatoms. The third-order valence-electron chi connectivity index (χ3n) is 2.49. The molecule has 1 heterocycles. The van der Waals surface area contributed by atoms with E-state index in [1.54, 1.807) is 14.2 Å². The van der Waals surface area contributed by atoms with Gasteiger partial charge in [-0.1, -0.05) is 0 Å². The van der Waals surface area contributed by atoms with Crippen molar-refractivity contribution in [2.75, 3.05) is 14.2 Å². The maximum atomic E-state index is 5.51. The van der Waals surface area contributed by atoms with Crippen LogP contribution in [0.2, 0.25) is 0 Å². The summed E-state index contributed by atoms with van der Waals surface area (Å²) in [4.78, 5) is 2.27. The van der Waals surface area contributed by atoms with Crippen LogP contribution in [0.5, 0.6) is 0 Å². The first-order valence-electron chi connectivity index (χ1n) is 5.13. The van der Waals surface area contributed by atoms with Gasteiger partial charge in [0.2, 0.25) is 0 Å². The van der Waals surface area contributed by atoms with Crippen LogP contribution in [0.1, 0.15) is 0 Å². The predicted molar refractivity (Wildman–Crippen MR) is 68.1 cm³/mol. The van der Waals surface area contributed by atoms with E-state index in [4.69, 9.17) is 9.47 Å².